The fraction of sp³-hybridized carbons (Fsp3) is 0. The maximum atomic E-state index is 6.25. The van der Waals surface area contributed by atoms with Gasteiger partial charge < -0.3 is 4.42 Å². The van der Waals surface area contributed by atoms with Gasteiger partial charge in [0.1, 0.15) is 10.5 Å². The fourth-order valence-corrected chi connectivity index (χ4v) is 2.40. The van der Waals surface area contributed by atoms with Gasteiger partial charge >= 0.3 is 0 Å². The highest BCUT2D eigenvalue weighted by Crippen LogP contribution is 2.26. The molecule has 0 saturated carbocycles. The summed E-state index contributed by atoms with van der Waals surface area (Å²) in [7, 11) is 0. The number of para-hydroxylation sites is 2. The highest BCUT2D eigenvalue weighted by molar-refractivity contribution is 9.10. The van der Waals surface area contributed by atoms with E-state index in [-0.39, 0.29) is 0 Å². The SMILES string of the molecule is Cl/C(=C\c1cccc(Br)c1)c1nc2ccccc2o1. The van der Waals surface area contributed by atoms with E-state index in [1.165, 1.54) is 0 Å². The Kier molecular flexibility index (Phi) is 3.40. The van der Waals surface area contributed by atoms with Gasteiger partial charge in [-0.2, -0.15) is 0 Å². The van der Waals surface area contributed by atoms with E-state index >= 15 is 0 Å². The third-order valence-corrected chi connectivity index (χ3v) is 3.40. The molecule has 0 bridgehead atoms. The third kappa shape index (κ3) is 2.72. The van der Waals surface area contributed by atoms with Gasteiger partial charge in [-0.15, -0.1) is 0 Å². The molecule has 0 aliphatic rings. The molecule has 0 aliphatic carbocycles. The molecule has 0 aliphatic heterocycles. The number of nitrogens with zero attached hydrogens (tertiary/aromatic N) is 1. The van der Waals surface area contributed by atoms with Crippen molar-refractivity contribution in [2.24, 2.45) is 0 Å². The van der Waals surface area contributed by atoms with Crippen molar-refractivity contribution in [3.05, 3.63) is 64.5 Å². The van der Waals surface area contributed by atoms with Crippen LogP contribution in [0.25, 0.3) is 22.2 Å². The van der Waals surface area contributed by atoms with E-state index in [1.54, 1.807) is 0 Å². The summed E-state index contributed by atoms with van der Waals surface area (Å²) in [5.74, 6) is 0.433. The Morgan fingerprint density at radius 3 is 2.79 bits per heavy atom. The molecule has 0 spiro atoms. The highest BCUT2D eigenvalue weighted by atomic mass is 79.9. The zero-order valence-corrected chi connectivity index (χ0v) is 12.1. The van der Waals surface area contributed by atoms with Crippen molar-refractivity contribution < 1.29 is 4.42 Å². The number of hydrogen-bond acceptors (Lipinski definition) is 2. The quantitative estimate of drug-likeness (QED) is 0.633. The van der Waals surface area contributed by atoms with Crippen molar-refractivity contribution in [2.45, 2.75) is 0 Å². The van der Waals surface area contributed by atoms with E-state index < -0.39 is 0 Å². The van der Waals surface area contributed by atoms with Gasteiger partial charge in [0.05, 0.1) is 0 Å². The van der Waals surface area contributed by atoms with Crippen molar-refractivity contribution in [3.8, 4) is 0 Å². The highest BCUT2D eigenvalue weighted by Gasteiger charge is 2.08. The monoisotopic (exact) mass is 333 g/mol. The van der Waals surface area contributed by atoms with Crippen LogP contribution in [0.1, 0.15) is 11.5 Å². The van der Waals surface area contributed by atoms with Gasteiger partial charge in [0.15, 0.2) is 5.58 Å². The van der Waals surface area contributed by atoms with Crippen LogP contribution in [0.5, 0.6) is 0 Å². The minimum Gasteiger partial charge on any atom is -0.435 e. The summed E-state index contributed by atoms with van der Waals surface area (Å²) >= 11 is 9.68. The largest absolute Gasteiger partial charge is 0.435 e. The predicted molar refractivity (Wildman–Crippen MR) is 81.9 cm³/mol. The summed E-state index contributed by atoms with van der Waals surface area (Å²) in [4.78, 5) is 4.35. The minimum absolute atomic E-state index is 0.433. The predicted octanol–water partition coefficient (Wildman–Crippen LogP) is 5.33. The summed E-state index contributed by atoms with van der Waals surface area (Å²) in [5.41, 5.74) is 2.53. The first-order chi connectivity index (χ1) is 9.22. The Labute approximate surface area is 123 Å². The molecule has 0 unspecified atom stereocenters. The van der Waals surface area contributed by atoms with Gasteiger partial charge in [-0.25, -0.2) is 4.98 Å². The molecule has 0 amide bonds. The van der Waals surface area contributed by atoms with Crippen molar-refractivity contribution in [1.29, 1.82) is 0 Å². The van der Waals surface area contributed by atoms with Crippen molar-refractivity contribution in [3.63, 3.8) is 0 Å². The van der Waals surface area contributed by atoms with Crippen LogP contribution in [0.3, 0.4) is 0 Å². The van der Waals surface area contributed by atoms with E-state index in [9.17, 15) is 0 Å². The Balaban J connectivity index is 2.01. The first kappa shape index (κ1) is 12.5. The summed E-state index contributed by atoms with van der Waals surface area (Å²) in [6.45, 7) is 0. The lowest BCUT2D eigenvalue weighted by Crippen LogP contribution is -1.77. The lowest BCUT2D eigenvalue weighted by atomic mass is 10.2. The lowest BCUT2D eigenvalue weighted by Gasteiger charge is -1.96. The van der Waals surface area contributed by atoms with Crippen LogP contribution in [0.4, 0.5) is 0 Å². The molecule has 4 heteroatoms. The molecule has 94 valence electrons. The van der Waals surface area contributed by atoms with Gasteiger partial charge in [0.2, 0.25) is 5.89 Å². The van der Waals surface area contributed by atoms with Gasteiger partial charge in [-0.1, -0.05) is 51.8 Å². The first-order valence-electron chi connectivity index (χ1n) is 5.71. The Bertz CT molecular complexity index is 730. The van der Waals surface area contributed by atoms with Gasteiger partial charge in [0, 0.05) is 4.47 Å². The molecule has 0 N–H and O–H groups in total. The number of rotatable bonds is 2. The molecule has 19 heavy (non-hydrogen) atoms. The van der Waals surface area contributed by atoms with Crippen LogP contribution in [0, 0.1) is 0 Å². The molecule has 1 aromatic heterocycles. The van der Waals surface area contributed by atoms with Crippen LogP contribution in [0.2, 0.25) is 0 Å². The van der Waals surface area contributed by atoms with E-state index in [0.29, 0.717) is 10.9 Å². The maximum absolute atomic E-state index is 6.25. The topological polar surface area (TPSA) is 26.0 Å². The first-order valence-corrected chi connectivity index (χ1v) is 6.88. The summed E-state index contributed by atoms with van der Waals surface area (Å²) in [6.07, 6.45) is 1.83. The van der Waals surface area contributed by atoms with Gasteiger partial charge in [-0.05, 0) is 35.9 Å². The number of oxazole rings is 1. The third-order valence-electron chi connectivity index (χ3n) is 2.64. The summed E-state index contributed by atoms with van der Waals surface area (Å²) < 4.78 is 6.61. The summed E-state index contributed by atoms with van der Waals surface area (Å²) in [5, 5.41) is 0.481. The molecule has 3 aromatic rings. The number of fused-ring (bicyclic) bond motifs is 1. The van der Waals surface area contributed by atoms with Gasteiger partial charge in [0.25, 0.3) is 0 Å². The molecule has 0 fully saturated rings. The maximum Gasteiger partial charge on any atom is 0.238 e. The van der Waals surface area contributed by atoms with E-state index in [2.05, 4.69) is 20.9 Å². The van der Waals surface area contributed by atoms with Crippen LogP contribution in [-0.4, -0.2) is 4.98 Å². The smallest absolute Gasteiger partial charge is 0.238 e. The molecule has 2 aromatic carbocycles. The van der Waals surface area contributed by atoms with Crippen LogP contribution in [0.15, 0.2) is 57.4 Å². The average molecular weight is 335 g/mol. The second kappa shape index (κ2) is 5.19. The van der Waals surface area contributed by atoms with Crippen LogP contribution < -0.4 is 0 Å². The Morgan fingerprint density at radius 2 is 2.00 bits per heavy atom. The fourth-order valence-electron chi connectivity index (χ4n) is 1.78. The normalized spacial score (nSPS) is 12.0. The molecular weight excluding hydrogens is 326 g/mol. The zero-order chi connectivity index (χ0) is 13.2. The second-order valence-corrected chi connectivity index (χ2v) is 5.36. The van der Waals surface area contributed by atoms with Crippen molar-refractivity contribution in [1.82, 2.24) is 4.98 Å². The molecule has 1 heterocycles. The number of halogens is 2. The number of aromatic nitrogens is 1. The average Bonchev–Trinajstić information content (AvgIpc) is 2.82. The second-order valence-electron chi connectivity index (χ2n) is 4.03. The number of benzene rings is 2. The Morgan fingerprint density at radius 1 is 1.16 bits per heavy atom. The molecule has 0 saturated heterocycles. The van der Waals surface area contributed by atoms with Gasteiger partial charge in [-0.3, -0.25) is 0 Å². The zero-order valence-electron chi connectivity index (χ0n) is 9.81. The van der Waals surface area contributed by atoms with E-state index in [4.69, 9.17) is 16.0 Å². The number of hydrogen-bond donors (Lipinski definition) is 0. The van der Waals surface area contributed by atoms with E-state index in [1.807, 2.05) is 54.6 Å². The molecular formula is C15H9BrClNO. The molecule has 3 rings (SSSR count). The lowest BCUT2D eigenvalue weighted by molar-refractivity contribution is 0.588. The van der Waals surface area contributed by atoms with Crippen LogP contribution >= 0.6 is 27.5 Å². The molecule has 2 nitrogen and oxygen atoms in total. The van der Waals surface area contributed by atoms with Crippen LogP contribution in [-0.2, 0) is 0 Å². The van der Waals surface area contributed by atoms with Crippen molar-refractivity contribution >= 4 is 49.7 Å². The molecule has 0 radical (unpaired) electrons. The van der Waals surface area contributed by atoms with Crippen molar-refractivity contribution in [2.75, 3.05) is 0 Å². The van der Waals surface area contributed by atoms with E-state index in [0.717, 1.165) is 21.1 Å². The molecule has 0 atom stereocenters. The Hall–Kier alpha value is -1.58. The minimum atomic E-state index is 0.433. The summed E-state index contributed by atoms with van der Waals surface area (Å²) in [6, 6.07) is 15.4. The standard InChI is InChI=1S/C15H9BrClNO/c16-11-5-3-4-10(8-11)9-12(17)15-18-13-6-1-2-7-14(13)19-15/h1-9H/b12-9-.